The molecule has 4 rings (SSSR count). The van der Waals surface area contributed by atoms with Gasteiger partial charge in [-0.2, -0.15) is 0 Å². The van der Waals surface area contributed by atoms with Gasteiger partial charge in [0.25, 0.3) is 0 Å². The van der Waals surface area contributed by atoms with Crippen LogP contribution in [0.15, 0.2) is 59.8 Å². The summed E-state index contributed by atoms with van der Waals surface area (Å²) in [4.78, 5) is 14.6. The number of carbonyl (C=O) groups is 1. The Labute approximate surface area is 192 Å². The lowest BCUT2D eigenvalue weighted by atomic mass is 10.1. The molecule has 32 heavy (non-hydrogen) atoms. The first-order chi connectivity index (χ1) is 15.6. The SMILES string of the molecule is COc1ccc(-c2nnc(SCC(=O)N3CCOC(C)C3)n2CCc2ccccc2)cc1. The van der Waals surface area contributed by atoms with E-state index >= 15 is 0 Å². The quantitative estimate of drug-likeness (QED) is 0.487. The maximum absolute atomic E-state index is 12.7. The first kappa shape index (κ1) is 22.4. The van der Waals surface area contributed by atoms with Gasteiger partial charge in [-0.05, 0) is 43.2 Å². The third kappa shape index (κ3) is 5.49. The minimum atomic E-state index is 0.0777. The lowest BCUT2D eigenvalue weighted by Crippen LogP contribution is -2.45. The van der Waals surface area contributed by atoms with Gasteiger partial charge in [0.1, 0.15) is 5.75 Å². The van der Waals surface area contributed by atoms with E-state index < -0.39 is 0 Å². The molecule has 8 heteroatoms. The molecule has 7 nitrogen and oxygen atoms in total. The van der Waals surface area contributed by atoms with Crippen molar-refractivity contribution in [3.05, 3.63) is 60.2 Å². The van der Waals surface area contributed by atoms with Crippen LogP contribution in [-0.4, -0.2) is 64.2 Å². The Morgan fingerprint density at radius 3 is 2.66 bits per heavy atom. The Bertz CT molecular complexity index is 1020. The summed E-state index contributed by atoms with van der Waals surface area (Å²) < 4.78 is 12.9. The number of benzene rings is 2. The summed E-state index contributed by atoms with van der Waals surface area (Å²) in [6.45, 7) is 4.59. The highest BCUT2D eigenvalue weighted by atomic mass is 32.2. The summed E-state index contributed by atoms with van der Waals surface area (Å²) in [5.41, 5.74) is 2.21. The molecule has 1 atom stereocenters. The van der Waals surface area contributed by atoms with E-state index in [4.69, 9.17) is 9.47 Å². The molecule has 0 saturated carbocycles. The van der Waals surface area contributed by atoms with Crippen LogP contribution in [0, 0.1) is 0 Å². The maximum Gasteiger partial charge on any atom is 0.233 e. The summed E-state index contributed by atoms with van der Waals surface area (Å²) in [6.07, 6.45) is 0.929. The smallest absolute Gasteiger partial charge is 0.233 e. The summed E-state index contributed by atoms with van der Waals surface area (Å²) >= 11 is 1.44. The number of aromatic nitrogens is 3. The summed E-state index contributed by atoms with van der Waals surface area (Å²) in [7, 11) is 1.65. The Kier molecular flexibility index (Phi) is 7.44. The topological polar surface area (TPSA) is 69.5 Å². The number of thioether (sulfide) groups is 1. The van der Waals surface area contributed by atoms with Crippen molar-refractivity contribution in [3.63, 3.8) is 0 Å². The van der Waals surface area contributed by atoms with Crippen LogP contribution in [0.3, 0.4) is 0 Å². The molecule has 168 valence electrons. The van der Waals surface area contributed by atoms with Crippen molar-refractivity contribution in [2.75, 3.05) is 32.6 Å². The highest BCUT2D eigenvalue weighted by Crippen LogP contribution is 2.26. The second-order valence-corrected chi connectivity index (χ2v) is 8.67. The Morgan fingerprint density at radius 2 is 1.94 bits per heavy atom. The predicted octanol–water partition coefficient (Wildman–Crippen LogP) is 3.54. The van der Waals surface area contributed by atoms with Gasteiger partial charge in [-0.3, -0.25) is 4.79 Å². The molecule has 2 aromatic carbocycles. The Hall–Kier alpha value is -2.84. The van der Waals surface area contributed by atoms with Crippen LogP contribution in [0.4, 0.5) is 0 Å². The molecule has 0 N–H and O–H groups in total. The fourth-order valence-electron chi connectivity index (χ4n) is 3.70. The molecule has 1 aliphatic rings. The van der Waals surface area contributed by atoms with Crippen molar-refractivity contribution in [1.29, 1.82) is 0 Å². The van der Waals surface area contributed by atoms with Gasteiger partial charge in [0, 0.05) is 25.2 Å². The monoisotopic (exact) mass is 452 g/mol. The van der Waals surface area contributed by atoms with Crippen LogP contribution in [0.25, 0.3) is 11.4 Å². The van der Waals surface area contributed by atoms with Crippen LogP contribution < -0.4 is 4.74 Å². The molecule has 1 saturated heterocycles. The van der Waals surface area contributed by atoms with Crippen LogP contribution >= 0.6 is 11.8 Å². The largest absolute Gasteiger partial charge is 0.497 e. The number of amides is 1. The number of carbonyl (C=O) groups excluding carboxylic acids is 1. The van der Waals surface area contributed by atoms with Crippen molar-refractivity contribution in [2.45, 2.75) is 31.1 Å². The van der Waals surface area contributed by atoms with E-state index in [9.17, 15) is 4.79 Å². The van der Waals surface area contributed by atoms with Gasteiger partial charge < -0.3 is 18.9 Å². The minimum Gasteiger partial charge on any atom is -0.497 e. The zero-order valence-electron chi connectivity index (χ0n) is 18.4. The van der Waals surface area contributed by atoms with Crippen molar-refractivity contribution < 1.29 is 14.3 Å². The Balaban J connectivity index is 1.52. The first-order valence-corrected chi connectivity index (χ1v) is 11.8. The molecule has 2 heterocycles. The molecule has 1 amide bonds. The summed E-state index contributed by atoms with van der Waals surface area (Å²) in [5, 5.41) is 9.64. The molecule has 1 aromatic heterocycles. The van der Waals surface area contributed by atoms with E-state index in [1.165, 1.54) is 17.3 Å². The lowest BCUT2D eigenvalue weighted by Gasteiger charge is -2.31. The van der Waals surface area contributed by atoms with E-state index in [2.05, 4.69) is 26.9 Å². The highest BCUT2D eigenvalue weighted by molar-refractivity contribution is 7.99. The van der Waals surface area contributed by atoms with Gasteiger partial charge in [0.05, 0.1) is 25.6 Å². The predicted molar refractivity (Wildman–Crippen MR) is 125 cm³/mol. The molecule has 1 fully saturated rings. The summed E-state index contributed by atoms with van der Waals surface area (Å²) in [6, 6.07) is 18.1. The number of ether oxygens (including phenoxy) is 2. The van der Waals surface area contributed by atoms with Gasteiger partial charge in [0.2, 0.25) is 5.91 Å². The van der Waals surface area contributed by atoms with Crippen LogP contribution in [0.2, 0.25) is 0 Å². The average Bonchev–Trinajstić information content (AvgIpc) is 3.24. The fraction of sp³-hybridized carbons (Fsp3) is 0.375. The normalized spacial score (nSPS) is 16.2. The Morgan fingerprint density at radius 1 is 1.16 bits per heavy atom. The van der Waals surface area contributed by atoms with Crippen LogP contribution in [0.5, 0.6) is 5.75 Å². The second kappa shape index (κ2) is 10.7. The molecule has 0 radical (unpaired) electrons. The molecule has 1 aliphatic heterocycles. The molecule has 0 bridgehead atoms. The van der Waals surface area contributed by atoms with Crippen LogP contribution in [-0.2, 0) is 22.5 Å². The van der Waals surface area contributed by atoms with Crippen molar-refractivity contribution >= 4 is 17.7 Å². The third-order valence-electron chi connectivity index (χ3n) is 5.45. The number of morpholine rings is 1. The van der Waals surface area contributed by atoms with E-state index in [0.29, 0.717) is 25.4 Å². The molecule has 3 aromatic rings. The number of nitrogens with zero attached hydrogens (tertiary/aromatic N) is 4. The molecule has 0 aliphatic carbocycles. The molecular formula is C24H28N4O3S. The molecule has 0 spiro atoms. The highest BCUT2D eigenvalue weighted by Gasteiger charge is 2.23. The number of hydrogen-bond acceptors (Lipinski definition) is 6. The molecule has 1 unspecified atom stereocenters. The van der Waals surface area contributed by atoms with Gasteiger partial charge in [0.15, 0.2) is 11.0 Å². The number of rotatable bonds is 8. The van der Waals surface area contributed by atoms with Crippen molar-refractivity contribution in [1.82, 2.24) is 19.7 Å². The van der Waals surface area contributed by atoms with E-state index in [0.717, 1.165) is 35.3 Å². The summed E-state index contributed by atoms with van der Waals surface area (Å²) in [5.74, 6) is 2.02. The zero-order chi connectivity index (χ0) is 22.3. The fourth-order valence-corrected chi connectivity index (χ4v) is 4.57. The van der Waals surface area contributed by atoms with Crippen molar-refractivity contribution in [3.8, 4) is 17.1 Å². The third-order valence-corrected chi connectivity index (χ3v) is 6.40. The van der Waals surface area contributed by atoms with Crippen LogP contribution in [0.1, 0.15) is 12.5 Å². The molecular weight excluding hydrogens is 424 g/mol. The lowest BCUT2D eigenvalue weighted by molar-refractivity contribution is -0.135. The first-order valence-electron chi connectivity index (χ1n) is 10.8. The maximum atomic E-state index is 12.7. The van der Waals surface area contributed by atoms with Crippen molar-refractivity contribution in [2.24, 2.45) is 0 Å². The number of hydrogen-bond donors (Lipinski definition) is 0. The zero-order valence-corrected chi connectivity index (χ0v) is 19.3. The minimum absolute atomic E-state index is 0.0777. The van der Waals surface area contributed by atoms with E-state index in [-0.39, 0.29) is 12.0 Å². The van der Waals surface area contributed by atoms with E-state index in [1.54, 1.807) is 7.11 Å². The van der Waals surface area contributed by atoms with E-state index in [1.807, 2.05) is 54.3 Å². The number of aryl methyl sites for hydroxylation is 1. The average molecular weight is 453 g/mol. The van der Waals surface area contributed by atoms with Gasteiger partial charge in [-0.25, -0.2) is 0 Å². The van der Waals surface area contributed by atoms with Gasteiger partial charge >= 0.3 is 0 Å². The number of methoxy groups -OCH3 is 1. The second-order valence-electron chi connectivity index (χ2n) is 7.73. The van der Waals surface area contributed by atoms with Gasteiger partial charge in [-0.1, -0.05) is 42.1 Å². The van der Waals surface area contributed by atoms with Gasteiger partial charge in [-0.15, -0.1) is 10.2 Å². The standard InChI is InChI=1S/C24H28N4O3S/c1-18-16-27(14-15-31-18)22(29)17-32-24-26-25-23(20-8-10-21(30-2)11-9-20)28(24)13-12-19-6-4-3-5-7-19/h3-11,18H,12-17H2,1-2H3.